The van der Waals surface area contributed by atoms with Gasteiger partial charge in [-0.1, -0.05) is 0 Å². The van der Waals surface area contributed by atoms with Crippen LogP contribution >= 0.6 is 0 Å². The highest BCUT2D eigenvalue weighted by Crippen LogP contribution is 2.13. The summed E-state index contributed by atoms with van der Waals surface area (Å²) < 4.78 is 1.34. The lowest BCUT2D eigenvalue weighted by molar-refractivity contribution is -0.117. The number of aromatic amines is 1. The van der Waals surface area contributed by atoms with Crippen LogP contribution in [0.3, 0.4) is 0 Å². The van der Waals surface area contributed by atoms with E-state index in [0.29, 0.717) is 5.65 Å². The van der Waals surface area contributed by atoms with Gasteiger partial charge in [-0.25, -0.2) is 0 Å². The fourth-order valence-corrected chi connectivity index (χ4v) is 1.88. The lowest BCUT2D eigenvalue weighted by Crippen LogP contribution is -2.34. The van der Waals surface area contributed by atoms with Crippen LogP contribution in [0.1, 0.15) is 20.8 Å². The Morgan fingerprint density at radius 3 is 2.88 bits per heavy atom. The first kappa shape index (κ1) is 15.1. The van der Waals surface area contributed by atoms with Gasteiger partial charge in [-0.05, 0) is 22.6 Å². The number of nitrogens with zero attached hydrogens (tertiary/aromatic N) is 5. The van der Waals surface area contributed by atoms with Crippen molar-refractivity contribution < 1.29 is 14.4 Å². The van der Waals surface area contributed by atoms with Crippen molar-refractivity contribution in [2.24, 2.45) is 5.73 Å². The first-order valence-corrected chi connectivity index (χ1v) is 6.63. The minimum atomic E-state index is -0.691. The minimum absolute atomic E-state index is 0.00639. The number of H-pyrrole nitrogens is 1. The summed E-state index contributed by atoms with van der Waals surface area (Å²) in [5.41, 5.74) is 5.87. The molecule has 5 N–H and O–H groups in total. The second kappa shape index (κ2) is 6.12. The Morgan fingerprint density at radius 1 is 1.25 bits per heavy atom. The van der Waals surface area contributed by atoms with E-state index in [2.05, 4.69) is 36.4 Å². The van der Waals surface area contributed by atoms with Gasteiger partial charge < -0.3 is 16.4 Å². The molecule has 0 atom stereocenters. The zero-order chi connectivity index (χ0) is 17.1. The number of carbonyl (C=O) groups is 3. The van der Waals surface area contributed by atoms with Crippen LogP contribution in [0.5, 0.6) is 0 Å². The molecule has 12 nitrogen and oxygen atoms in total. The van der Waals surface area contributed by atoms with E-state index in [9.17, 15) is 14.4 Å². The van der Waals surface area contributed by atoms with Gasteiger partial charge in [-0.2, -0.15) is 9.61 Å². The summed E-state index contributed by atoms with van der Waals surface area (Å²) in [6.07, 6.45) is 2.71. The number of tetrazole rings is 1. The van der Waals surface area contributed by atoms with Crippen LogP contribution in [0, 0.1) is 0 Å². The molecule has 0 radical (unpaired) electrons. The van der Waals surface area contributed by atoms with Gasteiger partial charge >= 0.3 is 0 Å². The molecule has 3 rings (SSSR count). The van der Waals surface area contributed by atoms with E-state index in [-0.39, 0.29) is 23.5 Å². The van der Waals surface area contributed by atoms with E-state index in [1.54, 1.807) is 6.07 Å². The van der Waals surface area contributed by atoms with Crippen LogP contribution in [0.25, 0.3) is 5.65 Å². The molecular formula is C12H11N9O3. The quantitative estimate of drug-likeness (QED) is 0.432. The first-order valence-electron chi connectivity index (χ1n) is 6.63. The Kier molecular flexibility index (Phi) is 3.84. The molecule has 0 spiro atoms. The average molecular weight is 329 g/mol. The average Bonchev–Trinajstić information content (AvgIpc) is 3.20. The molecule has 0 fully saturated rings. The number of pyridine rings is 1. The third-order valence-corrected chi connectivity index (χ3v) is 2.99. The van der Waals surface area contributed by atoms with Crippen LogP contribution < -0.4 is 16.4 Å². The number of anilines is 1. The number of fused-ring (bicyclic) bond motifs is 1. The molecule has 0 saturated heterocycles. The number of carbonyl (C=O) groups excluding carboxylic acids is 3. The number of hydrogen-bond donors (Lipinski definition) is 4. The highest BCUT2D eigenvalue weighted by Gasteiger charge is 2.17. The van der Waals surface area contributed by atoms with Crippen molar-refractivity contribution in [2.75, 3.05) is 11.9 Å². The second-order valence-electron chi connectivity index (χ2n) is 4.66. The van der Waals surface area contributed by atoms with Gasteiger partial charge in [0.25, 0.3) is 11.8 Å². The number of nitrogens with two attached hydrogens (primary N) is 1. The summed E-state index contributed by atoms with van der Waals surface area (Å²) in [6.45, 7) is -0.332. The number of rotatable bonds is 5. The van der Waals surface area contributed by atoms with E-state index in [1.165, 1.54) is 23.0 Å². The molecule has 0 aromatic carbocycles. The Hall–Kier alpha value is -3.83. The molecule has 0 saturated carbocycles. The summed E-state index contributed by atoms with van der Waals surface area (Å²) in [5.74, 6) is -1.81. The smallest absolute Gasteiger partial charge is 0.271 e. The molecule has 12 heteroatoms. The van der Waals surface area contributed by atoms with E-state index in [4.69, 9.17) is 5.73 Å². The Balaban J connectivity index is 1.76. The highest BCUT2D eigenvalue weighted by molar-refractivity contribution is 6.08. The second-order valence-corrected chi connectivity index (χ2v) is 4.66. The van der Waals surface area contributed by atoms with E-state index in [1.807, 2.05) is 0 Å². The molecular weight excluding hydrogens is 318 g/mol. The molecule has 3 amide bonds. The maximum Gasteiger partial charge on any atom is 0.271 e. The van der Waals surface area contributed by atoms with E-state index < -0.39 is 17.7 Å². The number of aromatic nitrogens is 6. The topological polar surface area (TPSA) is 173 Å². The monoisotopic (exact) mass is 329 g/mol. The third-order valence-electron chi connectivity index (χ3n) is 2.99. The maximum absolute atomic E-state index is 12.3. The summed E-state index contributed by atoms with van der Waals surface area (Å²) in [5, 5.41) is 21.9. The van der Waals surface area contributed by atoms with Crippen LogP contribution in [0.4, 0.5) is 5.69 Å². The molecule has 3 aromatic rings. The third kappa shape index (κ3) is 3.01. The van der Waals surface area contributed by atoms with Crippen molar-refractivity contribution in [3.05, 3.63) is 35.8 Å². The molecule has 3 aromatic heterocycles. The molecule has 0 aliphatic rings. The van der Waals surface area contributed by atoms with Crippen molar-refractivity contribution in [2.45, 2.75) is 0 Å². The van der Waals surface area contributed by atoms with E-state index >= 15 is 0 Å². The van der Waals surface area contributed by atoms with Gasteiger partial charge in [-0.15, -0.1) is 5.10 Å². The predicted octanol–water partition coefficient (Wildman–Crippen LogP) is -1.69. The molecule has 3 heterocycles. The lowest BCUT2D eigenvalue weighted by Gasteiger charge is -2.06. The molecule has 122 valence electrons. The largest absolute Gasteiger partial charge is 0.368 e. The van der Waals surface area contributed by atoms with Gasteiger partial charge in [0, 0.05) is 6.20 Å². The van der Waals surface area contributed by atoms with Crippen LogP contribution in [-0.2, 0) is 4.79 Å². The summed E-state index contributed by atoms with van der Waals surface area (Å²) in [7, 11) is 0. The fourth-order valence-electron chi connectivity index (χ4n) is 1.88. The molecule has 0 aliphatic carbocycles. The highest BCUT2D eigenvalue weighted by atomic mass is 16.2. The molecule has 0 bridgehead atoms. The van der Waals surface area contributed by atoms with Crippen molar-refractivity contribution in [1.29, 1.82) is 0 Å². The van der Waals surface area contributed by atoms with Crippen molar-refractivity contribution >= 4 is 29.1 Å². The molecule has 0 unspecified atom stereocenters. The lowest BCUT2D eigenvalue weighted by atomic mass is 10.2. The van der Waals surface area contributed by atoms with Crippen LogP contribution in [0.2, 0.25) is 0 Å². The molecule has 24 heavy (non-hydrogen) atoms. The van der Waals surface area contributed by atoms with E-state index in [0.717, 1.165) is 0 Å². The molecule has 0 aliphatic heterocycles. The van der Waals surface area contributed by atoms with Crippen LogP contribution in [-0.4, -0.2) is 54.5 Å². The fraction of sp³-hybridized carbons (Fsp3) is 0.0833. The van der Waals surface area contributed by atoms with Crippen molar-refractivity contribution in [3.8, 4) is 0 Å². The minimum Gasteiger partial charge on any atom is -0.368 e. The SMILES string of the molecule is NC(=O)CNC(=O)c1[nH]ncc1NC(=O)c1ccc2nnnn2c1. The summed E-state index contributed by atoms with van der Waals surface area (Å²) in [6, 6.07) is 3.11. The first-order chi connectivity index (χ1) is 11.5. The summed E-state index contributed by atoms with van der Waals surface area (Å²) in [4.78, 5) is 34.9. The Morgan fingerprint density at radius 2 is 2.08 bits per heavy atom. The van der Waals surface area contributed by atoms with Gasteiger partial charge in [0.05, 0.1) is 24.0 Å². The van der Waals surface area contributed by atoms with Gasteiger partial charge in [0.2, 0.25) is 5.91 Å². The standard InChI is InChI=1S/C12H11N9O3/c13-8(22)4-14-12(24)10-7(3-15-18-10)16-11(23)6-1-2-9-17-19-20-21(9)5-6/h1-3,5H,4H2,(H2,13,22)(H,14,24)(H,15,18)(H,16,23). The Labute approximate surface area is 133 Å². The maximum atomic E-state index is 12.3. The predicted molar refractivity (Wildman–Crippen MR) is 78.9 cm³/mol. The number of hydrogen-bond acceptors (Lipinski definition) is 7. The van der Waals surface area contributed by atoms with Gasteiger partial charge in [-0.3, -0.25) is 19.5 Å². The summed E-state index contributed by atoms with van der Waals surface area (Å²) >= 11 is 0. The van der Waals surface area contributed by atoms with Gasteiger partial charge in [0.15, 0.2) is 5.65 Å². The Bertz CT molecular complexity index is 929. The van der Waals surface area contributed by atoms with Crippen molar-refractivity contribution in [1.82, 2.24) is 35.6 Å². The van der Waals surface area contributed by atoms with Crippen LogP contribution in [0.15, 0.2) is 24.5 Å². The van der Waals surface area contributed by atoms with Gasteiger partial charge in [0.1, 0.15) is 5.69 Å². The number of nitrogens with one attached hydrogen (secondary N) is 3. The van der Waals surface area contributed by atoms with Crippen molar-refractivity contribution in [3.63, 3.8) is 0 Å². The zero-order valence-electron chi connectivity index (χ0n) is 12.1. The zero-order valence-corrected chi connectivity index (χ0v) is 12.1. The number of primary amides is 1. The normalized spacial score (nSPS) is 10.5. The number of amides is 3.